The zero-order valence-corrected chi connectivity index (χ0v) is 36.2. The van der Waals surface area contributed by atoms with Crippen molar-refractivity contribution in [2.45, 2.75) is 114 Å². The average molecular weight is 804 g/mol. The Morgan fingerprint density at radius 3 is 0.933 bits per heavy atom. The van der Waals surface area contributed by atoms with E-state index in [1.165, 1.54) is 33.3 Å². The maximum Gasteiger partial charge on any atom is 0.140 e. The van der Waals surface area contributed by atoms with Crippen LogP contribution < -0.4 is 19.7 Å². The van der Waals surface area contributed by atoms with Gasteiger partial charge in [0, 0.05) is 45.3 Å². The van der Waals surface area contributed by atoms with Gasteiger partial charge in [-0.05, 0) is 93.0 Å². The van der Waals surface area contributed by atoms with Gasteiger partial charge in [-0.15, -0.1) is 15.3 Å². The molecule has 0 aliphatic heterocycles. The molecule has 0 amide bonds. The van der Waals surface area contributed by atoms with Gasteiger partial charge in [0.25, 0.3) is 0 Å². The molecule has 1 aliphatic rings. The minimum absolute atomic E-state index is 0.279. The topological polar surface area (TPSA) is 120 Å². The third-order valence-electron chi connectivity index (χ3n) is 11.3. The molecule has 0 fully saturated rings. The van der Waals surface area contributed by atoms with E-state index in [9.17, 15) is 0 Å². The smallest absolute Gasteiger partial charge is 0.140 e. The number of benzene rings is 4. The van der Waals surface area contributed by atoms with E-state index in [1.807, 2.05) is 32.6 Å². The van der Waals surface area contributed by atoms with Gasteiger partial charge in [0.2, 0.25) is 0 Å². The van der Waals surface area contributed by atoms with Crippen LogP contribution in [0.4, 0.5) is 0 Å². The summed E-state index contributed by atoms with van der Waals surface area (Å²) in [7, 11) is 2.25. The molecule has 8 rings (SSSR count). The Morgan fingerprint density at radius 1 is 0.433 bits per heavy atom. The minimum Gasteiger partial charge on any atom is -0.487 e. The Morgan fingerprint density at radius 2 is 0.683 bits per heavy atom. The van der Waals surface area contributed by atoms with Crippen molar-refractivity contribution in [1.82, 2.24) is 45.0 Å². The average Bonchev–Trinajstić information content (AvgIpc) is 4.00. The van der Waals surface area contributed by atoms with Gasteiger partial charge in [0.05, 0.1) is 18.6 Å². The van der Waals surface area contributed by atoms with Crippen molar-refractivity contribution in [3.63, 3.8) is 0 Å². The molecule has 0 saturated carbocycles. The number of ether oxygens (including phenoxy) is 3. The van der Waals surface area contributed by atoms with Crippen LogP contribution in [-0.4, -0.2) is 52.8 Å². The standard InChI is InChI=1S/C47H54BN9O3/c1-8-55-23-41(49-52-55)26-58-45-35-13-30(5)15-37(45)21-39-17-32(7)18-40(47(39)60-28-43-25-57(10-3)54-51-43)22-38-16-31(6)14-36(20-34-12-29(4)11-33(19-35)44(34)48)46(38)59-27-42-24-56(9-2)53-50-42/h11-18,23-25H,8-10,19-22,26-28,48H2,1-7H3. The van der Waals surface area contributed by atoms with Gasteiger partial charge in [-0.3, -0.25) is 14.0 Å². The Balaban J connectivity index is 1.31. The van der Waals surface area contributed by atoms with E-state index in [0.717, 1.165) is 92.9 Å². The van der Waals surface area contributed by atoms with Gasteiger partial charge in [-0.1, -0.05) is 91.9 Å². The second-order valence-corrected chi connectivity index (χ2v) is 16.2. The van der Waals surface area contributed by atoms with Crippen LogP contribution in [0, 0.1) is 27.7 Å². The molecule has 3 aromatic heterocycles. The lowest BCUT2D eigenvalue weighted by atomic mass is 9.79. The summed E-state index contributed by atoms with van der Waals surface area (Å²) in [5.74, 6) is 2.57. The molecule has 0 spiro atoms. The van der Waals surface area contributed by atoms with Crippen molar-refractivity contribution in [1.29, 1.82) is 0 Å². The predicted molar refractivity (Wildman–Crippen MR) is 234 cm³/mol. The summed E-state index contributed by atoms with van der Waals surface area (Å²) in [6.45, 7) is 18.0. The van der Waals surface area contributed by atoms with E-state index in [-0.39, 0.29) is 6.61 Å². The molecular formula is C47H54BN9O3. The van der Waals surface area contributed by atoms with E-state index in [0.29, 0.717) is 38.9 Å². The molecule has 60 heavy (non-hydrogen) atoms. The summed E-state index contributed by atoms with van der Waals surface area (Å²) in [5, 5.41) is 26.1. The second-order valence-electron chi connectivity index (χ2n) is 16.2. The Hall–Kier alpha value is -6.24. The van der Waals surface area contributed by atoms with E-state index in [4.69, 9.17) is 14.2 Å². The number of fused-ring (bicyclic) bond motifs is 8. The van der Waals surface area contributed by atoms with Crippen molar-refractivity contribution in [2.24, 2.45) is 0 Å². The molecule has 0 unspecified atom stereocenters. The number of rotatable bonds is 12. The highest BCUT2D eigenvalue weighted by atomic mass is 16.5. The van der Waals surface area contributed by atoms with Crippen LogP contribution in [-0.2, 0) is 65.1 Å². The first-order valence-electron chi connectivity index (χ1n) is 21.1. The second kappa shape index (κ2) is 17.5. The van der Waals surface area contributed by atoms with Gasteiger partial charge in [0.1, 0.15) is 62.0 Å². The SMILES string of the molecule is Bc1c2cc(C)cc1Cc1cc(C)cc(c1OCc1cn(CC)nn1)Cc1cc(C)cc(c1OCc1cn(CC)nn1)Cc1cc(C)cc(c1OCc1cn(CC)nn1)C2. The van der Waals surface area contributed by atoms with Crippen molar-refractivity contribution >= 4 is 13.3 Å². The number of aryl methyl sites for hydroxylation is 7. The third-order valence-corrected chi connectivity index (χ3v) is 11.3. The van der Waals surface area contributed by atoms with Crippen LogP contribution in [0.1, 0.15) is 105 Å². The largest absolute Gasteiger partial charge is 0.487 e. The molecule has 0 atom stereocenters. The Kier molecular flexibility index (Phi) is 11.9. The molecule has 0 N–H and O–H groups in total. The zero-order valence-electron chi connectivity index (χ0n) is 36.2. The quantitative estimate of drug-likeness (QED) is 0.129. The fraction of sp³-hybridized carbons (Fsp3) is 0.362. The summed E-state index contributed by atoms with van der Waals surface area (Å²) in [4.78, 5) is 0. The maximum absolute atomic E-state index is 6.91. The molecule has 0 saturated heterocycles. The molecule has 3 heterocycles. The van der Waals surface area contributed by atoms with Gasteiger partial charge < -0.3 is 14.2 Å². The Labute approximate surface area is 353 Å². The highest BCUT2D eigenvalue weighted by molar-refractivity contribution is 6.34. The fourth-order valence-electron chi connectivity index (χ4n) is 8.45. The zero-order chi connectivity index (χ0) is 41.9. The van der Waals surface area contributed by atoms with Gasteiger partial charge >= 0.3 is 0 Å². The molecule has 1 aliphatic carbocycles. The summed E-state index contributed by atoms with van der Waals surface area (Å²) in [5.41, 5.74) is 17.4. The highest BCUT2D eigenvalue weighted by Crippen LogP contribution is 2.39. The van der Waals surface area contributed by atoms with Crippen LogP contribution in [0.3, 0.4) is 0 Å². The highest BCUT2D eigenvalue weighted by Gasteiger charge is 2.23. The number of aromatic nitrogens is 9. The van der Waals surface area contributed by atoms with Crippen LogP contribution >= 0.6 is 0 Å². The number of hydrogen-bond acceptors (Lipinski definition) is 9. The van der Waals surface area contributed by atoms with E-state index in [2.05, 4.69) is 136 Å². The minimum atomic E-state index is 0.279. The molecule has 13 heteroatoms. The van der Waals surface area contributed by atoms with E-state index >= 15 is 0 Å². The molecule has 8 bridgehead atoms. The first kappa shape index (κ1) is 40.5. The lowest BCUT2D eigenvalue weighted by molar-refractivity contribution is 0.290. The number of nitrogens with zero attached hydrogens (tertiary/aromatic N) is 9. The van der Waals surface area contributed by atoms with Crippen molar-refractivity contribution < 1.29 is 14.2 Å². The normalized spacial score (nSPS) is 12.4. The number of hydrogen-bond donors (Lipinski definition) is 0. The summed E-state index contributed by atoms with van der Waals surface area (Å²) >= 11 is 0. The monoisotopic (exact) mass is 803 g/mol. The van der Waals surface area contributed by atoms with Gasteiger partial charge in [0.15, 0.2) is 0 Å². The predicted octanol–water partition coefficient (Wildman–Crippen LogP) is 6.43. The molecule has 12 nitrogen and oxygen atoms in total. The van der Waals surface area contributed by atoms with E-state index < -0.39 is 0 Å². The summed E-state index contributed by atoms with van der Waals surface area (Å²) < 4.78 is 26.1. The molecule has 308 valence electrons. The first-order chi connectivity index (χ1) is 29.0. The van der Waals surface area contributed by atoms with Crippen LogP contribution in [0.2, 0.25) is 0 Å². The fourth-order valence-corrected chi connectivity index (χ4v) is 8.45. The van der Waals surface area contributed by atoms with Crippen LogP contribution in [0.5, 0.6) is 17.2 Å². The third kappa shape index (κ3) is 9.00. The molecule has 0 radical (unpaired) electrons. The maximum atomic E-state index is 6.91. The van der Waals surface area contributed by atoms with Crippen molar-refractivity contribution in [2.75, 3.05) is 0 Å². The van der Waals surface area contributed by atoms with Crippen molar-refractivity contribution in [3.05, 3.63) is 151 Å². The van der Waals surface area contributed by atoms with Crippen molar-refractivity contribution in [3.8, 4) is 17.2 Å². The molecule has 4 aromatic carbocycles. The lowest BCUT2D eigenvalue weighted by Gasteiger charge is -2.23. The molecular weight excluding hydrogens is 749 g/mol. The van der Waals surface area contributed by atoms with E-state index in [1.54, 1.807) is 0 Å². The summed E-state index contributed by atoms with van der Waals surface area (Å²) in [6.07, 6.45) is 8.45. The molecule has 7 aromatic rings. The van der Waals surface area contributed by atoms with Crippen LogP contribution in [0.15, 0.2) is 67.1 Å². The lowest BCUT2D eigenvalue weighted by Crippen LogP contribution is -2.19. The van der Waals surface area contributed by atoms with Gasteiger partial charge in [-0.25, -0.2) is 0 Å². The Bertz CT molecular complexity index is 2510. The van der Waals surface area contributed by atoms with Crippen LogP contribution in [0.25, 0.3) is 0 Å². The van der Waals surface area contributed by atoms with Gasteiger partial charge in [-0.2, -0.15) is 0 Å². The first-order valence-corrected chi connectivity index (χ1v) is 21.1. The summed E-state index contributed by atoms with van der Waals surface area (Å²) in [6, 6.07) is 18.2.